The first kappa shape index (κ1) is 24.5. The molecule has 2 N–H and O–H groups in total. The Morgan fingerprint density at radius 1 is 0.971 bits per heavy atom. The van der Waals surface area contributed by atoms with Gasteiger partial charge in [0.15, 0.2) is 11.5 Å². The number of nitrogens with one attached hydrogen (secondary N) is 2. The molecule has 0 saturated heterocycles. The Bertz CT molecular complexity index is 1230. The summed E-state index contributed by atoms with van der Waals surface area (Å²) >= 11 is 5.84. The first-order valence-corrected chi connectivity index (χ1v) is 10.6. The van der Waals surface area contributed by atoms with Crippen LogP contribution in [0.1, 0.15) is 31.8 Å². The van der Waals surface area contributed by atoms with Crippen LogP contribution in [0.3, 0.4) is 0 Å². The molecule has 0 fully saturated rings. The van der Waals surface area contributed by atoms with Gasteiger partial charge < -0.3 is 14.8 Å². The van der Waals surface area contributed by atoms with Gasteiger partial charge in [0.05, 0.1) is 25.4 Å². The first-order chi connectivity index (χ1) is 16.4. The Morgan fingerprint density at radius 2 is 1.74 bits per heavy atom. The second-order valence-electron chi connectivity index (χ2n) is 7.15. The van der Waals surface area contributed by atoms with Crippen LogP contribution in [0, 0.1) is 6.92 Å². The van der Waals surface area contributed by atoms with Crippen LogP contribution in [-0.4, -0.2) is 37.7 Å². The maximum Gasteiger partial charge on any atom is 0.343 e. The summed E-state index contributed by atoms with van der Waals surface area (Å²) in [5.41, 5.74) is 4.69. The van der Waals surface area contributed by atoms with Gasteiger partial charge in [0.2, 0.25) is 0 Å². The summed E-state index contributed by atoms with van der Waals surface area (Å²) in [5.74, 6) is -0.865. The minimum atomic E-state index is -0.559. The van der Waals surface area contributed by atoms with Crippen LogP contribution in [0.4, 0.5) is 0 Å². The monoisotopic (exact) mass is 479 g/mol. The third-order valence-corrected chi connectivity index (χ3v) is 4.81. The van der Waals surface area contributed by atoms with E-state index in [1.807, 2.05) is 13.0 Å². The first-order valence-electron chi connectivity index (χ1n) is 10.2. The lowest BCUT2D eigenvalue weighted by molar-refractivity contribution is -0.120. The molecule has 3 rings (SSSR count). The lowest BCUT2D eigenvalue weighted by atomic mass is 10.1. The van der Waals surface area contributed by atoms with Gasteiger partial charge in [0, 0.05) is 10.6 Å². The van der Waals surface area contributed by atoms with Crippen LogP contribution in [-0.2, 0) is 4.79 Å². The van der Waals surface area contributed by atoms with Crippen LogP contribution >= 0.6 is 11.6 Å². The highest BCUT2D eigenvalue weighted by Crippen LogP contribution is 2.28. The molecule has 0 unspecified atom stereocenters. The van der Waals surface area contributed by atoms with Crippen molar-refractivity contribution in [3.05, 3.63) is 94.0 Å². The number of ether oxygens (including phenoxy) is 2. The molecule has 0 bridgehead atoms. The zero-order valence-electron chi connectivity index (χ0n) is 18.5. The van der Waals surface area contributed by atoms with Crippen molar-refractivity contribution >= 4 is 35.6 Å². The highest BCUT2D eigenvalue weighted by Gasteiger charge is 2.13. The minimum Gasteiger partial charge on any atom is -0.493 e. The normalized spacial score (nSPS) is 10.6. The van der Waals surface area contributed by atoms with Gasteiger partial charge in [0.25, 0.3) is 11.8 Å². The topological polar surface area (TPSA) is 106 Å². The van der Waals surface area contributed by atoms with E-state index in [0.29, 0.717) is 27.5 Å². The molecule has 0 aromatic heterocycles. The van der Waals surface area contributed by atoms with Crippen molar-refractivity contribution in [1.29, 1.82) is 0 Å². The fourth-order valence-electron chi connectivity index (χ4n) is 2.86. The molecule has 3 aromatic carbocycles. The number of benzene rings is 3. The summed E-state index contributed by atoms with van der Waals surface area (Å²) in [5, 5.41) is 6.92. The van der Waals surface area contributed by atoms with E-state index in [9.17, 15) is 14.4 Å². The summed E-state index contributed by atoms with van der Waals surface area (Å²) in [7, 11) is 1.44. The third kappa shape index (κ3) is 6.91. The number of halogens is 1. The van der Waals surface area contributed by atoms with Gasteiger partial charge >= 0.3 is 5.97 Å². The van der Waals surface area contributed by atoms with Crippen molar-refractivity contribution in [2.75, 3.05) is 13.7 Å². The molecule has 0 spiro atoms. The number of nitrogens with zero attached hydrogens (tertiary/aromatic N) is 1. The molecule has 0 aliphatic rings. The van der Waals surface area contributed by atoms with Crippen LogP contribution in [0.25, 0.3) is 0 Å². The van der Waals surface area contributed by atoms with Crippen molar-refractivity contribution in [3.8, 4) is 11.5 Å². The standard InChI is InChI=1S/C25H22ClN3O5/c1-16-4-3-5-19(12-16)24(31)27-15-23(30)29-28-14-17-6-11-21(22(13-17)33-2)34-25(32)18-7-9-20(26)10-8-18/h3-14H,15H2,1-2H3,(H,27,31)(H,29,30)/b28-14+. The average Bonchev–Trinajstić information content (AvgIpc) is 2.83. The molecular weight excluding hydrogens is 458 g/mol. The molecule has 0 aliphatic heterocycles. The Labute approximate surface area is 201 Å². The molecule has 0 radical (unpaired) electrons. The molecule has 0 atom stereocenters. The molecule has 2 amide bonds. The van der Waals surface area contributed by atoms with Gasteiger partial charge in [-0.05, 0) is 67.1 Å². The zero-order valence-corrected chi connectivity index (χ0v) is 19.3. The van der Waals surface area contributed by atoms with E-state index < -0.39 is 11.9 Å². The van der Waals surface area contributed by atoms with E-state index >= 15 is 0 Å². The summed E-state index contributed by atoms with van der Waals surface area (Å²) in [4.78, 5) is 36.4. The summed E-state index contributed by atoms with van der Waals surface area (Å²) in [6.07, 6.45) is 1.40. The van der Waals surface area contributed by atoms with Crippen molar-refractivity contribution in [1.82, 2.24) is 10.7 Å². The highest BCUT2D eigenvalue weighted by molar-refractivity contribution is 6.30. The van der Waals surface area contributed by atoms with E-state index in [4.69, 9.17) is 21.1 Å². The molecule has 174 valence electrons. The summed E-state index contributed by atoms with van der Waals surface area (Å²) in [6, 6.07) is 18.1. The van der Waals surface area contributed by atoms with Crippen LogP contribution in [0.2, 0.25) is 5.02 Å². The highest BCUT2D eigenvalue weighted by atomic mass is 35.5. The average molecular weight is 480 g/mol. The Kier molecular flexibility index (Phi) is 8.37. The Morgan fingerprint density at radius 3 is 2.44 bits per heavy atom. The minimum absolute atomic E-state index is 0.225. The van der Waals surface area contributed by atoms with Crippen molar-refractivity contribution < 1.29 is 23.9 Å². The molecule has 0 heterocycles. The van der Waals surface area contributed by atoms with Crippen molar-refractivity contribution in [2.45, 2.75) is 6.92 Å². The third-order valence-electron chi connectivity index (χ3n) is 4.56. The Balaban J connectivity index is 1.54. The van der Waals surface area contributed by atoms with E-state index in [1.54, 1.807) is 60.7 Å². The number of aryl methyl sites for hydroxylation is 1. The maximum atomic E-state index is 12.3. The number of rotatable bonds is 8. The maximum absolute atomic E-state index is 12.3. The van der Waals surface area contributed by atoms with E-state index in [2.05, 4.69) is 15.8 Å². The number of methoxy groups -OCH3 is 1. The fraction of sp³-hybridized carbons (Fsp3) is 0.120. The van der Waals surface area contributed by atoms with Crippen LogP contribution in [0.5, 0.6) is 11.5 Å². The molecular formula is C25H22ClN3O5. The summed E-state index contributed by atoms with van der Waals surface area (Å²) < 4.78 is 10.7. The lowest BCUT2D eigenvalue weighted by Crippen LogP contribution is -2.34. The van der Waals surface area contributed by atoms with E-state index in [0.717, 1.165) is 5.56 Å². The number of hydrogen-bond acceptors (Lipinski definition) is 6. The van der Waals surface area contributed by atoms with Crippen molar-refractivity contribution in [2.24, 2.45) is 5.10 Å². The van der Waals surface area contributed by atoms with Gasteiger partial charge in [-0.3, -0.25) is 9.59 Å². The van der Waals surface area contributed by atoms with E-state index in [1.165, 1.54) is 13.3 Å². The van der Waals surface area contributed by atoms with Gasteiger partial charge in [-0.25, -0.2) is 10.2 Å². The molecule has 0 aliphatic carbocycles. The SMILES string of the molecule is COc1cc(/C=N/NC(=O)CNC(=O)c2cccc(C)c2)ccc1OC(=O)c1ccc(Cl)cc1. The van der Waals surface area contributed by atoms with E-state index in [-0.39, 0.29) is 18.2 Å². The number of carbonyl (C=O) groups excluding carboxylic acids is 3. The van der Waals surface area contributed by atoms with Gasteiger partial charge in [-0.1, -0.05) is 29.3 Å². The molecule has 34 heavy (non-hydrogen) atoms. The Hall–Kier alpha value is -4.17. The quantitative estimate of drug-likeness (QED) is 0.221. The smallest absolute Gasteiger partial charge is 0.343 e. The predicted octanol–water partition coefficient (Wildman–Crippen LogP) is 3.76. The van der Waals surface area contributed by atoms with Crippen molar-refractivity contribution in [3.63, 3.8) is 0 Å². The second kappa shape index (κ2) is 11.6. The number of esters is 1. The molecule has 0 saturated carbocycles. The number of hydrogen-bond donors (Lipinski definition) is 2. The predicted molar refractivity (Wildman–Crippen MR) is 129 cm³/mol. The number of carbonyl (C=O) groups is 3. The van der Waals surface area contributed by atoms with Gasteiger partial charge in [-0.2, -0.15) is 5.10 Å². The number of amides is 2. The van der Waals surface area contributed by atoms with Crippen LogP contribution < -0.4 is 20.2 Å². The van der Waals surface area contributed by atoms with Crippen LogP contribution in [0.15, 0.2) is 71.8 Å². The fourth-order valence-corrected chi connectivity index (χ4v) is 2.99. The lowest BCUT2D eigenvalue weighted by Gasteiger charge is -2.10. The van der Waals surface area contributed by atoms with Gasteiger partial charge in [0.1, 0.15) is 0 Å². The largest absolute Gasteiger partial charge is 0.493 e. The second-order valence-corrected chi connectivity index (χ2v) is 7.59. The summed E-state index contributed by atoms with van der Waals surface area (Å²) in [6.45, 7) is 1.65. The molecule has 9 heteroatoms. The number of hydrazone groups is 1. The molecule has 3 aromatic rings. The zero-order chi connectivity index (χ0) is 24.5. The molecule has 8 nitrogen and oxygen atoms in total. The van der Waals surface area contributed by atoms with Gasteiger partial charge in [-0.15, -0.1) is 0 Å².